The summed E-state index contributed by atoms with van der Waals surface area (Å²) in [5.74, 6) is 0.580. The van der Waals surface area contributed by atoms with Crippen LogP contribution in [-0.2, 0) is 11.3 Å². The summed E-state index contributed by atoms with van der Waals surface area (Å²) in [4.78, 5) is 4.28. The third-order valence-corrected chi connectivity index (χ3v) is 2.37. The number of ether oxygens (including phenoxy) is 1. The lowest BCUT2D eigenvalue weighted by Gasteiger charge is -1.96. The summed E-state index contributed by atoms with van der Waals surface area (Å²) in [7, 11) is 0. The molecule has 5 heteroatoms. The molecule has 1 aromatic carbocycles. The van der Waals surface area contributed by atoms with Gasteiger partial charge < -0.3 is 14.9 Å². The zero-order valence-electron chi connectivity index (χ0n) is 8.07. The van der Waals surface area contributed by atoms with E-state index in [-0.39, 0.29) is 0 Å². The van der Waals surface area contributed by atoms with E-state index >= 15 is 0 Å². The average molecular weight is 271 g/mol. The smallest absolute Gasteiger partial charge is 0.221 e. The molecule has 0 aliphatic heterocycles. The van der Waals surface area contributed by atoms with Crippen LogP contribution >= 0.6 is 15.9 Å². The zero-order chi connectivity index (χ0) is 10.7. The molecule has 2 N–H and O–H groups in total. The third kappa shape index (κ3) is 2.56. The van der Waals surface area contributed by atoms with Crippen molar-refractivity contribution in [3.8, 4) is 0 Å². The SMILES string of the molecule is NCCOCc1nc2cc(Br)ccc2o1. The Labute approximate surface area is 95.5 Å². The van der Waals surface area contributed by atoms with Crippen LogP contribution in [0.15, 0.2) is 27.1 Å². The van der Waals surface area contributed by atoms with E-state index in [1.54, 1.807) is 0 Å². The van der Waals surface area contributed by atoms with Crippen LogP contribution in [0.2, 0.25) is 0 Å². The summed E-state index contributed by atoms with van der Waals surface area (Å²) in [6.45, 7) is 1.39. The number of benzene rings is 1. The van der Waals surface area contributed by atoms with Crippen molar-refractivity contribution in [2.75, 3.05) is 13.2 Å². The van der Waals surface area contributed by atoms with Crippen LogP contribution in [0.5, 0.6) is 0 Å². The number of fused-ring (bicyclic) bond motifs is 1. The van der Waals surface area contributed by atoms with Crippen LogP contribution in [0, 0.1) is 0 Å². The first-order valence-electron chi connectivity index (χ1n) is 4.62. The monoisotopic (exact) mass is 270 g/mol. The highest BCUT2D eigenvalue weighted by atomic mass is 79.9. The minimum absolute atomic E-state index is 0.365. The Hall–Kier alpha value is -0.910. The Morgan fingerprint density at radius 2 is 2.33 bits per heavy atom. The van der Waals surface area contributed by atoms with Crippen molar-refractivity contribution in [2.24, 2.45) is 5.73 Å². The fourth-order valence-electron chi connectivity index (χ4n) is 1.25. The molecule has 2 aromatic rings. The minimum Gasteiger partial charge on any atom is -0.438 e. The maximum atomic E-state index is 5.47. The van der Waals surface area contributed by atoms with E-state index in [0.717, 1.165) is 15.6 Å². The van der Waals surface area contributed by atoms with E-state index in [1.807, 2.05) is 18.2 Å². The van der Waals surface area contributed by atoms with Gasteiger partial charge in [0.25, 0.3) is 0 Å². The first kappa shape index (κ1) is 10.6. The summed E-state index contributed by atoms with van der Waals surface area (Å²) in [5, 5.41) is 0. The Morgan fingerprint density at radius 3 is 3.13 bits per heavy atom. The number of halogens is 1. The van der Waals surface area contributed by atoms with Crippen molar-refractivity contribution in [1.82, 2.24) is 4.98 Å². The van der Waals surface area contributed by atoms with Gasteiger partial charge in [0.1, 0.15) is 12.1 Å². The molecule has 0 atom stereocenters. The molecule has 0 aliphatic carbocycles. The van der Waals surface area contributed by atoms with Crippen LogP contribution < -0.4 is 5.73 Å². The summed E-state index contributed by atoms with van der Waals surface area (Å²) in [6.07, 6.45) is 0. The molecule has 15 heavy (non-hydrogen) atoms. The summed E-state index contributed by atoms with van der Waals surface area (Å²) >= 11 is 3.38. The molecular formula is C10H11BrN2O2. The fourth-order valence-corrected chi connectivity index (χ4v) is 1.60. The van der Waals surface area contributed by atoms with E-state index in [0.29, 0.717) is 25.6 Å². The second-order valence-corrected chi connectivity index (χ2v) is 3.98. The third-order valence-electron chi connectivity index (χ3n) is 1.88. The van der Waals surface area contributed by atoms with E-state index in [2.05, 4.69) is 20.9 Å². The van der Waals surface area contributed by atoms with Crippen molar-refractivity contribution in [3.05, 3.63) is 28.6 Å². The van der Waals surface area contributed by atoms with Gasteiger partial charge in [-0.2, -0.15) is 0 Å². The lowest BCUT2D eigenvalue weighted by molar-refractivity contribution is 0.110. The molecule has 0 fully saturated rings. The topological polar surface area (TPSA) is 61.3 Å². The van der Waals surface area contributed by atoms with Crippen molar-refractivity contribution in [3.63, 3.8) is 0 Å². The standard InChI is InChI=1S/C10H11BrN2O2/c11-7-1-2-9-8(5-7)13-10(15-9)6-14-4-3-12/h1-2,5H,3-4,6,12H2. The lowest BCUT2D eigenvalue weighted by Crippen LogP contribution is -2.08. The van der Waals surface area contributed by atoms with Gasteiger partial charge in [-0.05, 0) is 18.2 Å². The number of rotatable bonds is 4. The van der Waals surface area contributed by atoms with Gasteiger partial charge in [0.15, 0.2) is 5.58 Å². The van der Waals surface area contributed by atoms with Gasteiger partial charge in [-0.1, -0.05) is 15.9 Å². The molecule has 80 valence electrons. The fraction of sp³-hybridized carbons (Fsp3) is 0.300. The highest BCUT2D eigenvalue weighted by Crippen LogP contribution is 2.20. The first-order chi connectivity index (χ1) is 7.29. The maximum Gasteiger partial charge on any atom is 0.221 e. The number of nitrogens with zero attached hydrogens (tertiary/aromatic N) is 1. The quantitative estimate of drug-likeness (QED) is 0.865. The van der Waals surface area contributed by atoms with Crippen LogP contribution in [0.1, 0.15) is 5.89 Å². The van der Waals surface area contributed by atoms with Crippen molar-refractivity contribution in [1.29, 1.82) is 0 Å². The molecule has 0 bridgehead atoms. The average Bonchev–Trinajstić information content (AvgIpc) is 2.60. The Bertz CT molecular complexity index is 456. The van der Waals surface area contributed by atoms with Crippen molar-refractivity contribution < 1.29 is 9.15 Å². The lowest BCUT2D eigenvalue weighted by atomic mass is 10.3. The molecule has 0 saturated heterocycles. The largest absolute Gasteiger partial charge is 0.438 e. The molecule has 0 spiro atoms. The van der Waals surface area contributed by atoms with Gasteiger partial charge in [0.05, 0.1) is 6.61 Å². The van der Waals surface area contributed by atoms with Gasteiger partial charge in [0.2, 0.25) is 5.89 Å². The molecule has 0 saturated carbocycles. The predicted molar refractivity (Wildman–Crippen MR) is 60.4 cm³/mol. The van der Waals surface area contributed by atoms with Crippen molar-refractivity contribution >= 4 is 27.0 Å². The summed E-state index contributed by atoms with van der Waals surface area (Å²) in [5.41, 5.74) is 6.90. The van der Waals surface area contributed by atoms with Gasteiger partial charge in [-0.15, -0.1) is 0 Å². The number of hydrogen-bond donors (Lipinski definition) is 1. The molecule has 0 unspecified atom stereocenters. The van der Waals surface area contributed by atoms with Crippen LogP contribution in [0.25, 0.3) is 11.1 Å². The molecule has 2 rings (SSSR count). The summed E-state index contributed by atoms with van der Waals surface area (Å²) in [6, 6.07) is 5.70. The van der Waals surface area contributed by atoms with E-state index < -0.39 is 0 Å². The maximum absolute atomic E-state index is 5.47. The molecule has 0 amide bonds. The Balaban J connectivity index is 2.16. The molecular weight excluding hydrogens is 260 g/mol. The first-order valence-corrected chi connectivity index (χ1v) is 5.41. The van der Waals surface area contributed by atoms with Gasteiger partial charge in [-0.3, -0.25) is 0 Å². The zero-order valence-corrected chi connectivity index (χ0v) is 9.66. The molecule has 0 radical (unpaired) electrons. The van der Waals surface area contributed by atoms with Gasteiger partial charge in [0, 0.05) is 11.0 Å². The van der Waals surface area contributed by atoms with Gasteiger partial charge in [-0.25, -0.2) is 4.98 Å². The van der Waals surface area contributed by atoms with E-state index in [4.69, 9.17) is 14.9 Å². The minimum atomic E-state index is 0.365. The number of hydrogen-bond acceptors (Lipinski definition) is 4. The highest BCUT2D eigenvalue weighted by molar-refractivity contribution is 9.10. The van der Waals surface area contributed by atoms with E-state index in [9.17, 15) is 0 Å². The normalized spacial score (nSPS) is 11.1. The molecule has 4 nitrogen and oxygen atoms in total. The molecule has 1 heterocycles. The number of aromatic nitrogens is 1. The van der Waals surface area contributed by atoms with Crippen molar-refractivity contribution in [2.45, 2.75) is 6.61 Å². The second kappa shape index (κ2) is 4.74. The predicted octanol–water partition coefficient (Wildman–Crippen LogP) is 2.07. The van der Waals surface area contributed by atoms with E-state index in [1.165, 1.54) is 0 Å². The number of oxazole rings is 1. The Kier molecular flexibility index (Phi) is 3.35. The second-order valence-electron chi connectivity index (χ2n) is 3.06. The highest BCUT2D eigenvalue weighted by Gasteiger charge is 2.05. The van der Waals surface area contributed by atoms with Gasteiger partial charge >= 0.3 is 0 Å². The Morgan fingerprint density at radius 1 is 1.47 bits per heavy atom. The summed E-state index contributed by atoms with van der Waals surface area (Å²) < 4.78 is 11.7. The molecule has 0 aliphatic rings. The van der Waals surface area contributed by atoms with Crippen LogP contribution in [0.3, 0.4) is 0 Å². The molecule has 1 aromatic heterocycles. The van der Waals surface area contributed by atoms with Crippen LogP contribution in [0.4, 0.5) is 0 Å². The number of nitrogens with two attached hydrogens (primary N) is 1. The van der Waals surface area contributed by atoms with Crippen LogP contribution in [-0.4, -0.2) is 18.1 Å².